The van der Waals surface area contributed by atoms with Crippen molar-refractivity contribution in [3.05, 3.63) is 0 Å². The highest BCUT2D eigenvalue weighted by molar-refractivity contribution is 4.80. The summed E-state index contributed by atoms with van der Waals surface area (Å²) in [6, 6.07) is 0. The van der Waals surface area contributed by atoms with Gasteiger partial charge >= 0.3 is 0 Å². The van der Waals surface area contributed by atoms with Crippen LogP contribution >= 0.6 is 0 Å². The van der Waals surface area contributed by atoms with Gasteiger partial charge in [-0.3, -0.25) is 0 Å². The first-order valence-corrected chi connectivity index (χ1v) is 5.04. The Labute approximate surface area is 86.7 Å². The first-order chi connectivity index (χ1) is 6.61. The highest BCUT2D eigenvalue weighted by atomic mass is 16.7. The van der Waals surface area contributed by atoms with Crippen molar-refractivity contribution in [3.63, 3.8) is 0 Å². The molecule has 0 rings (SSSR count). The van der Waals surface area contributed by atoms with Gasteiger partial charge in [0.2, 0.25) is 0 Å². The molecule has 2 N–H and O–H groups in total. The fourth-order valence-electron chi connectivity index (χ4n) is 1.04. The molecule has 0 spiro atoms. The number of methoxy groups -OCH3 is 2. The largest absolute Gasteiger partial charge is 0.374 e. The molecule has 0 radical (unpaired) electrons. The molecule has 4 heteroatoms. The second-order valence-corrected chi connectivity index (χ2v) is 3.49. The van der Waals surface area contributed by atoms with E-state index in [9.17, 15) is 0 Å². The van der Waals surface area contributed by atoms with E-state index >= 15 is 0 Å². The summed E-state index contributed by atoms with van der Waals surface area (Å²) in [5.74, 6) is 0. The zero-order valence-corrected chi connectivity index (χ0v) is 9.71. The van der Waals surface area contributed by atoms with E-state index in [-0.39, 0.29) is 11.8 Å². The Morgan fingerprint density at radius 2 is 1.64 bits per heavy atom. The molecule has 0 amide bonds. The van der Waals surface area contributed by atoms with Crippen LogP contribution in [0.5, 0.6) is 0 Å². The highest BCUT2D eigenvalue weighted by Gasteiger charge is 2.20. The summed E-state index contributed by atoms with van der Waals surface area (Å²) in [5, 5.41) is 0. The molecule has 0 bridgehead atoms. The Bertz CT molecular complexity index is 133. The molecule has 0 saturated carbocycles. The molecule has 0 aromatic heterocycles. The third kappa shape index (κ3) is 4.91. The minimum Gasteiger partial charge on any atom is -0.374 e. The summed E-state index contributed by atoms with van der Waals surface area (Å²) in [6.45, 7) is 5.10. The number of rotatable bonds is 8. The number of nitrogens with two attached hydrogens (primary N) is 1. The molecule has 0 aliphatic rings. The summed E-state index contributed by atoms with van der Waals surface area (Å²) in [4.78, 5) is 0. The Hall–Kier alpha value is -0.160. The number of ether oxygens (including phenoxy) is 3. The SMILES string of the molecule is CCC(N)(CC)COCC(OC)OC. The lowest BCUT2D eigenvalue weighted by Gasteiger charge is -2.27. The van der Waals surface area contributed by atoms with E-state index in [1.807, 2.05) is 0 Å². The lowest BCUT2D eigenvalue weighted by atomic mass is 9.96. The van der Waals surface area contributed by atoms with Crippen molar-refractivity contribution >= 4 is 0 Å². The van der Waals surface area contributed by atoms with Crippen LogP contribution in [-0.4, -0.2) is 39.3 Å². The molecule has 4 nitrogen and oxygen atoms in total. The van der Waals surface area contributed by atoms with Gasteiger partial charge in [0, 0.05) is 19.8 Å². The maximum Gasteiger partial charge on any atom is 0.180 e. The average Bonchev–Trinajstić information content (AvgIpc) is 2.24. The van der Waals surface area contributed by atoms with Crippen LogP contribution in [0.25, 0.3) is 0 Å². The normalized spacial score (nSPS) is 12.4. The molecule has 0 aromatic rings. The van der Waals surface area contributed by atoms with Gasteiger partial charge in [-0.05, 0) is 12.8 Å². The van der Waals surface area contributed by atoms with Gasteiger partial charge in [0.05, 0.1) is 13.2 Å². The van der Waals surface area contributed by atoms with Crippen LogP contribution in [0.1, 0.15) is 26.7 Å². The molecular weight excluding hydrogens is 182 g/mol. The molecule has 0 heterocycles. The maximum absolute atomic E-state index is 6.06. The number of hydrogen-bond acceptors (Lipinski definition) is 4. The number of hydrogen-bond donors (Lipinski definition) is 1. The van der Waals surface area contributed by atoms with E-state index in [1.165, 1.54) is 0 Å². The van der Waals surface area contributed by atoms with Crippen molar-refractivity contribution in [2.24, 2.45) is 5.73 Å². The maximum atomic E-state index is 6.06. The lowest BCUT2D eigenvalue weighted by molar-refractivity contribution is -0.144. The second-order valence-electron chi connectivity index (χ2n) is 3.49. The van der Waals surface area contributed by atoms with Crippen molar-refractivity contribution < 1.29 is 14.2 Å². The molecule has 0 unspecified atom stereocenters. The van der Waals surface area contributed by atoms with E-state index in [4.69, 9.17) is 19.9 Å². The van der Waals surface area contributed by atoms with E-state index in [0.29, 0.717) is 13.2 Å². The van der Waals surface area contributed by atoms with Crippen molar-refractivity contribution in [3.8, 4) is 0 Å². The predicted octanol–water partition coefficient (Wildman–Crippen LogP) is 1.14. The molecule has 0 aromatic carbocycles. The predicted molar refractivity (Wildman–Crippen MR) is 56.1 cm³/mol. The highest BCUT2D eigenvalue weighted by Crippen LogP contribution is 2.11. The van der Waals surface area contributed by atoms with Crippen LogP contribution in [-0.2, 0) is 14.2 Å². The van der Waals surface area contributed by atoms with E-state index in [1.54, 1.807) is 14.2 Å². The summed E-state index contributed by atoms with van der Waals surface area (Å²) in [5.41, 5.74) is 5.84. The van der Waals surface area contributed by atoms with Crippen LogP contribution < -0.4 is 5.73 Å². The smallest absolute Gasteiger partial charge is 0.180 e. The van der Waals surface area contributed by atoms with Crippen molar-refractivity contribution in [2.75, 3.05) is 27.4 Å². The van der Waals surface area contributed by atoms with Gasteiger partial charge in [-0.2, -0.15) is 0 Å². The van der Waals surface area contributed by atoms with Gasteiger partial charge < -0.3 is 19.9 Å². The summed E-state index contributed by atoms with van der Waals surface area (Å²) in [6.07, 6.45) is 1.52. The molecule has 14 heavy (non-hydrogen) atoms. The standard InChI is InChI=1S/C10H23NO3/c1-5-10(11,6-2)8-14-7-9(12-3)13-4/h9H,5-8,11H2,1-4H3. The fourth-order valence-corrected chi connectivity index (χ4v) is 1.04. The zero-order valence-electron chi connectivity index (χ0n) is 9.71. The van der Waals surface area contributed by atoms with Crippen LogP contribution in [0.2, 0.25) is 0 Å². The Morgan fingerprint density at radius 3 is 2.00 bits per heavy atom. The third-order valence-electron chi connectivity index (χ3n) is 2.58. The monoisotopic (exact) mass is 205 g/mol. The third-order valence-corrected chi connectivity index (χ3v) is 2.58. The minimum absolute atomic E-state index is 0.216. The average molecular weight is 205 g/mol. The first kappa shape index (κ1) is 13.8. The quantitative estimate of drug-likeness (QED) is 0.604. The van der Waals surface area contributed by atoms with Gasteiger partial charge in [0.25, 0.3) is 0 Å². The minimum atomic E-state index is -0.298. The second kappa shape index (κ2) is 7.17. The Kier molecular flexibility index (Phi) is 7.09. The van der Waals surface area contributed by atoms with Gasteiger partial charge in [0.1, 0.15) is 0 Å². The zero-order chi connectivity index (χ0) is 11.0. The molecule has 0 aliphatic heterocycles. The molecule has 0 aliphatic carbocycles. The van der Waals surface area contributed by atoms with Gasteiger partial charge in [-0.15, -0.1) is 0 Å². The van der Waals surface area contributed by atoms with Crippen LogP contribution in [0.4, 0.5) is 0 Å². The fraction of sp³-hybridized carbons (Fsp3) is 1.00. The topological polar surface area (TPSA) is 53.7 Å². The van der Waals surface area contributed by atoms with E-state index in [0.717, 1.165) is 12.8 Å². The van der Waals surface area contributed by atoms with Crippen molar-refractivity contribution in [1.82, 2.24) is 0 Å². The summed E-state index contributed by atoms with van der Waals surface area (Å²) >= 11 is 0. The molecular formula is C10H23NO3. The van der Waals surface area contributed by atoms with E-state index < -0.39 is 0 Å². The van der Waals surface area contributed by atoms with Crippen molar-refractivity contribution in [2.45, 2.75) is 38.5 Å². The Balaban J connectivity index is 3.70. The van der Waals surface area contributed by atoms with Gasteiger partial charge in [-0.25, -0.2) is 0 Å². The molecule has 86 valence electrons. The molecule has 0 saturated heterocycles. The van der Waals surface area contributed by atoms with Crippen LogP contribution in [0.3, 0.4) is 0 Å². The Morgan fingerprint density at radius 1 is 1.14 bits per heavy atom. The lowest BCUT2D eigenvalue weighted by Crippen LogP contribution is -2.44. The molecule has 0 fully saturated rings. The first-order valence-electron chi connectivity index (χ1n) is 5.04. The van der Waals surface area contributed by atoms with Crippen molar-refractivity contribution in [1.29, 1.82) is 0 Å². The van der Waals surface area contributed by atoms with E-state index in [2.05, 4.69) is 13.8 Å². The summed E-state index contributed by atoms with van der Waals surface area (Å²) in [7, 11) is 3.18. The van der Waals surface area contributed by atoms with Crippen LogP contribution in [0.15, 0.2) is 0 Å². The summed E-state index contributed by atoms with van der Waals surface area (Å²) < 4.78 is 15.4. The van der Waals surface area contributed by atoms with Crippen LogP contribution in [0, 0.1) is 0 Å². The molecule has 0 atom stereocenters. The van der Waals surface area contributed by atoms with Gasteiger partial charge in [0.15, 0.2) is 6.29 Å². The van der Waals surface area contributed by atoms with Gasteiger partial charge in [-0.1, -0.05) is 13.8 Å².